The molecule has 34 heavy (non-hydrogen) atoms. The highest BCUT2D eigenvalue weighted by Crippen LogP contribution is 2.31. The Morgan fingerprint density at radius 2 is 1.91 bits per heavy atom. The normalized spacial score (nSPS) is 15.7. The first-order chi connectivity index (χ1) is 16.4. The van der Waals surface area contributed by atoms with Crippen LogP contribution >= 0.6 is 22.9 Å². The van der Waals surface area contributed by atoms with Crippen molar-refractivity contribution in [1.82, 2.24) is 4.57 Å². The molecular formula is C26H20ClN3O3S. The smallest absolute Gasteiger partial charge is 0.271 e. The molecule has 1 N–H and O–H groups in total. The second-order valence-corrected chi connectivity index (χ2v) is 9.40. The molecule has 3 heterocycles. The van der Waals surface area contributed by atoms with Crippen LogP contribution in [0.1, 0.15) is 29.7 Å². The number of benzene rings is 2. The number of aromatic nitrogens is 1. The highest BCUT2D eigenvalue weighted by Gasteiger charge is 2.32. The zero-order chi connectivity index (χ0) is 23.8. The number of thiazole rings is 1. The summed E-state index contributed by atoms with van der Waals surface area (Å²) in [7, 11) is 0. The van der Waals surface area contributed by atoms with Crippen molar-refractivity contribution in [3.05, 3.63) is 120 Å². The molecule has 8 heteroatoms. The van der Waals surface area contributed by atoms with Crippen molar-refractivity contribution in [1.29, 1.82) is 0 Å². The van der Waals surface area contributed by atoms with Gasteiger partial charge in [-0.15, -0.1) is 0 Å². The highest BCUT2D eigenvalue weighted by atomic mass is 35.5. The molecule has 1 aliphatic heterocycles. The van der Waals surface area contributed by atoms with Crippen LogP contribution in [0.2, 0.25) is 5.02 Å². The van der Waals surface area contributed by atoms with Gasteiger partial charge in [0.25, 0.3) is 11.5 Å². The topological polar surface area (TPSA) is 76.6 Å². The molecule has 1 amide bonds. The molecular weight excluding hydrogens is 470 g/mol. The van der Waals surface area contributed by atoms with Gasteiger partial charge in [-0.05, 0) is 55.3 Å². The predicted octanol–water partition coefficient (Wildman–Crippen LogP) is 4.43. The number of anilines is 1. The molecule has 0 saturated carbocycles. The monoisotopic (exact) mass is 489 g/mol. The first-order valence-electron chi connectivity index (χ1n) is 10.6. The molecule has 2 aromatic carbocycles. The summed E-state index contributed by atoms with van der Waals surface area (Å²) < 4.78 is 7.22. The fourth-order valence-electron chi connectivity index (χ4n) is 3.98. The van der Waals surface area contributed by atoms with Gasteiger partial charge in [-0.2, -0.15) is 0 Å². The fraction of sp³-hybridized carbons (Fsp3) is 0.115. The van der Waals surface area contributed by atoms with Gasteiger partial charge in [-0.3, -0.25) is 14.2 Å². The van der Waals surface area contributed by atoms with E-state index in [4.69, 9.17) is 16.0 Å². The van der Waals surface area contributed by atoms with Crippen molar-refractivity contribution in [2.24, 2.45) is 4.99 Å². The van der Waals surface area contributed by atoms with Crippen molar-refractivity contribution in [3.63, 3.8) is 0 Å². The van der Waals surface area contributed by atoms with Crippen LogP contribution in [0.3, 0.4) is 0 Å². The van der Waals surface area contributed by atoms with Crippen molar-refractivity contribution in [3.8, 4) is 0 Å². The number of amides is 1. The number of nitrogens with zero attached hydrogens (tertiary/aromatic N) is 2. The van der Waals surface area contributed by atoms with E-state index in [9.17, 15) is 9.59 Å². The summed E-state index contributed by atoms with van der Waals surface area (Å²) in [5, 5.41) is 3.57. The third kappa shape index (κ3) is 4.04. The SMILES string of the molecule is CC1=C(C(=O)Nc2ccccc2C)C(c2ccc(Cl)cc2)n2c(s/c(=C/c3ccoc3)c2=O)=N1. The molecule has 170 valence electrons. The Balaban J connectivity index is 1.68. The summed E-state index contributed by atoms with van der Waals surface area (Å²) in [5.74, 6) is -0.306. The van der Waals surface area contributed by atoms with E-state index >= 15 is 0 Å². The first kappa shape index (κ1) is 22.1. The van der Waals surface area contributed by atoms with E-state index in [1.54, 1.807) is 48.3 Å². The van der Waals surface area contributed by atoms with Crippen molar-refractivity contribution in [2.45, 2.75) is 19.9 Å². The minimum Gasteiger partial charge on any atom is -0.472 e. The minimum absolute atomic E-state index is 0.224. The van der Waals surface area contributed by atoms with Gasteiger partial charge in [0.05, 0.1) is 34.4 Å². The third-order valence-electron chi connectivity index (χ3n) is 5.69. The number of halogens is 1. The maximum absolute atomic E-state index is 13.6. The summed E-state index contributed by atoms with van der Waals surface area (Å²) in [4.78, 5) is 32.3. The number of furan rings is 1. The first-order valence-corrected chi connectivity index (χ1v) is 11.8. The summed E-state index contributed by atoms with van der Waals surface area (Å²) in [5.41, 5.74) is 3.94. The Labute approximate surface area is 204 Å². The number of para-hydroxylation sites is 1. The quantitative estimate of drug-likeness (QED) is 0.460. The molecule has 0 aliphatic carbocycles. The summed E-state index contributed by atoms with van der Waals surface area (Å²) >= 11 is 7.41. The number of fused-ring (bicyclic) bond motifs is 1. The lowest BCUT2D eigenvalue weighted by atomic mass is 9.95. The zero-order valence-electron chi connectivity index (χ0n) is 18.4. The van der Waals surface area contributed by atoms with Gasteiger partial charge >= 0.3 is 0 Å². The fourth-order valence-corrected chi connectivity index (χ4v) is 5.16. The molecule has 1 aliphatic rings. The molecule has 6 nitrogen and oxygen atoms in total. The number of rotatable bonds is 4. The van der Waals surface area contributed by atoms with E-state index in [1.165, 1.54) is 11.3 Å². The maximum atomic E-state index is 13.6. The van der Waals surface area contributed by atoms with Crippen LogP contribution in [0.4, 0.5) is 5.69 Å². The lowest BCUT2D eigenvalue weighted by Gasteiger charge is -2.25. The van der Waals surface area contributed by atoms with Crippen LogP contribution in [-0.2, 0) is 4.79 Å². The average Bonchev–Trinajstić information content (AvgIpc) is 3.43. The number of carbonyl (C=O) groups excluding carboxylic acids is 1. The standard InChI is InChI=1S/C26H20ClN3O3S/c1-15-5-3-4-6-20(15)29-24(31)22-16(2)28-26-30(23(22)18-7-9-19(27)10-8-18)25(32)21(34-26)13-17-11-12-33-14-17/h3-14,23H,1-2H3,(H,29,31)/b21-13+. The van der Waals surface area contributed by atoms with Crippen LogP contribution in [0, 0.1) is 6.92 Å². The highest BCUT2D eigenvalue weighted by molar-refractivity contribution is 7.07. The Morgan fingerprint density at radius 3 is 2.62 bits per heavy atom. The molecule has 0 bridgehead atoms. The lowest BCUT2D eigenvalue weighted by molar-refractivity contribution is -0.113. The molecule has 1 unspecified atom stereocenters. The molecule has 0 saturated heterocycles. The largest absolute Gasteiger partial charge is 0.472 e. The second kappa shape index (κ2) is 8.93. The van der Waals surface area contributed by atoms with Gasteiger partial charge < -0.3 is 9.73 Å². The van der Waals surface area contributed by atoms with Crippen LogP contribution in [0.25, 0.3) is 6.08 Å². The number of nitrogens with one attached hydrogen (secondary N) is 1. The van der Waals surface area contributed by atoms with E-state index in [2.05, 4.69) is 10.3 Å². The number of aryl methyl sites for hydroxylation is 1. The maximum Gasteiger partial charge on any atom is 0.271 e. The van der Waals surface area contributed by atoms with Crippen molar-refractivity contribution >= 4 is 40.6 Å². The Kier molecular flexibility index (Phi) is 5.81. The Morgan fingerprint density at radius 1 is 1.15 bits per heavy atom. The molecule has 0 spiro atoms. The Hall–Kier alpha value is -3.68. The van der Waals surface area contributed by atoms with E-state index in [-0.39, 0.29) is 11.5 Å². The predicted molar refractivity (Wildman–Crippen MR) is 134 cm³/mol. The third-order valence-corrected chi connectivity index (χ3v) is 6.92. The van der Waals surface area contributed by atoms with Gasteiger partial charge in [-0.25, -0.2) is 4.99 Å². The number of allylic oxidation sites excluding steroid dienone is 1. The number of carbonyl (C=O) groups is 1. The van der Waals surface area contributed by atoms with E-state index in [0.717, 1.165) is 16.7 Å². The van der Waals surface area contributed by atoms with E-state index in [0.29, 0.717) is 31.3 Å². The van der Waals surface area contributed by atoms with Crippen LogP contribution < -0.4 is 20.2 Å². The van der Waals surface area contributed by atoms with E-state index < -0.39 is 6.04 Å². The summed E-state index contributed by atoms with van der Waals surface area (Å²) in [6.07, 6.45) is 4.89. The molecule has 0 radical (unpaired) electrons. The lowest BCUT2D eigenvalue weighted by Crippen LogP contribution is -2.40. The van der Waals surface area contributed by atoms with Crippen molar-refractivity contribution < 1.29 is 9.21 Å². The number of hydrogen-bond acceptors (Lipinski definition) is 5. The average molecular weight is 490 g/mol. The number of hydrogen-bond donors (Lipinski definition) is 1. The van der Waals surface area contributed by atoms with E-state index in [1.807, 2.05) is 43.3 Å². The van der Waals surface area contributed by atoms with Gasteiger partial charge in [0.1, 0.15) is 0 Å². The van der Waals surface area contributed by atoms with Crippen LogP contribution in [0.5, 0.6) is 0 Å². The summed E-state index contributed by atoms with van der Waals surface area (Å²) in [6.45, 7) is 3.72. The molecule has 2 aromatic heterocycles. The molecule has 0 fully saturated rings. The van der Waals surface area contributed by atoms with Crippen LogP contribution in [0.15, 0.2) is 92.6 Å². The van der Waals surface area contributed by atoms with Crippen molar-refractivity contribution in [2.75, 3.05) is 5.32 Å². The van der Waals surface area contributed by atoms with Gasteiger partial charge in [0.2, 0.25) is 0 Å². The van der Waals surface area contributed by atoms with Gasteiger partial charge in [-0.1, -0.05) is 53.3 Å². The Bertz CT molecular complexity index is 1600. The summed E-state index contributed by atoms with van der Waals surface area (Å²) in [6, 6.07) is 15.9. The molecule has 4 aromatic rings. The molecule has 1 atom stereocenters. The minimum atomic E-state index is -0.649. The van der Waals surface area contributed by atoms with Crippen LogP contribution in [-0.4, -0.2) is 10.5 Å². The zero-order valence-corrected chi connectivity index (χ0v) is 20.0. The van der Waals surface area contributed by atoms with Gasteiger partial charge in [0.15, 0.2) is 4.80 Å². The second-order valence-electron chi connectivity index (χ2n) is 7.96. The molecule has 5 rings (SSSR count). The van der Waals surface area contributed by atoms with Gasteiger partial charge in [0, 0.05) is 16.3 Å².